The topological polar surface area (TPSA) is 78.2 Å². The van der Waals surface area contributed by atoms with Gasteiger partial charge in [0.2, 0.25) is 5.91 Å². The molecule has 0 spiro atoms. The van der Waals surface area contributed by atoms with E-state index in [1.165, 1.54) is 40.2 Å². The van der Waals surface area contributed by atoms with Crippen molar-refractivity contribution >= 4 is 51.6 Å². The molecule has 0 aliphatic carbocycles. The quantitative estimate of drug-likeness (QED) is 0.205. The molecule has 1 N–H and O–H groups in total. The number of nitrogens with one attached hydrogen (secondary N) is 1. The van der Waals surface area contributed by atoms with Gasteiger partial charge in [0.15, 0.2) is 14.8 Å². The summed E-state index contributed by atoms with van der Waals surface area (Å²) < 4.78 is 23.3. The number of carbonyl (C=O) groups is 1. The van der Waals surface area contributed by atoms with Crippen LogP contribution >= 0.6 is 35.3 Å². The van der Waals surface area contributed by atoms with Crippen LogP contribution in [0.1, 0.15) is 18.4 Å². The summed E-state index contributed by atoms with van der Waals surface area (Å²) in [5, 5.41) is 3.21. The van der Waals surface area contributed by atoms with Crippen LogP contribution in [0.15, 0.2) is 58.5 Å². The van der Waals surface area contributed by atoms with E-state index in [-0.39, 0.29) is 23.3 Å². The second-order valence-corrected chi connectivity index (χ2v) is 11.0. The molecule has 0 bridgehead atoms. The van der Waals surface area contributed by atoms with E-state index < -0.39 is 5.82 Å². The first-order chi connectivity index (χ1) is 17.4. The minimum absolute atomic E-state index is 0.0372. The van der Waals surface area contributed by atoms with Crippen LogP contribution in [0, 0.1) is 16.7 Å². The molecule has 1 fully saturated rings. The Labute approximate surface area is 219 Å². The van der Waals surface area contributed by atoms with Crippen molar-refractivity contribution in [1.29, 1.82) is 0 Å². The predicted molar refractivity (Wildman–Crippen MR) is 143 cm³/mol. The summed E-state index contributed by atoms with van der Waals surface area (Å²) in [5.74, 6) is -0.539. The molecular formula is C25H23FN4O3S3. The summed E-state index contributed by atoms with van der Waals surface area (Å²) in [6.45, 7) is 3.14. The number of aromatic nitrogens is 3. The van der Waals surface area contributed by atoms with Gasteiger partial charge in [0.1, 0.15) is 10.5 Å². The predicted octanol–water partition coefficient (Wildman–Crippen LogP) is 4.80. The van der Waals surface area contributed by atoms with E-state index in [9.17, 15) is 14.0 Å². The number of halogens is 1. The van der Waals surface area contributed by atoms with E-state index in [0.717, 1.165) is 42.5 Å². The maximum absolute atomic E-state index is 13.7. The minimum Gasteiger partial charge on any atom is -0.376 e. The van der Waals surface area contributed by atoms with Crippen LogP contribution in [0.3, 0.4) is 0 Å². The number of thiazole rings is 1. The number of ether oxygens (including phenoxy) is 1. The lowest BCUT2D eigenvalue weighted by Gasteiger charge is -2.14. The van der Waals surface area contributed by atoms with Gasteiger partial charge in [0, 0.05) is 13.2 Å². The van der Waals surface area contributed by atoms with E-state index in [1.807, 2.05) is 31.2 Å². The SMILES string of the molecule is Cc1ccccc1-n1c(=S)sc2c(=O)n(-c3ccc(F)cc3)c(SCC(=O)NCC3CCCO3)nc21. The number of thioether (sulfide) groups is 1. The second kappa shape index (κ2) is 10.6. The Hall–Kier alpha value is -2.86. The summed E-state index contributed by atoms with van der Waals surface area (Å²) in [7, 11) is 0. The van der Waals surface area contributed by atoms with Gasteiger partial charge < -0.3 is 10.1 Å². The molecule has 36 heavy (non-hydrogen) atoms. The van der Waals surface area contributed by atoms with Gasteiger partial charge >= 0.3 is 0 Å². The Balaban J connectivity index is 1.56. The molecule has 186 valence electrons. The highest BCUT2D eigenvalue weighted by Gasteiger charge is 2.21. The maximum atomic E-state index is 13.7. The fourth-order valence-electron chi connectivity index (χ4n) is 4.09. The third-order valence-electron chi connectivity index (χ3n) is 5.90. The van der Waals surface area contributed by atoms with Crippen molar-refractivity contribution < 1.29 is 13.9 Å². The number of benzene rings is 2. The van der Waals surface area contributed by atoms with E-state index in [1.54, 1.807) is 4.57 Å². The average molecular weight is 543 g/mol. The van der Waals surface area contributed by atoms with Crippen molar-refractivity contribution in [2.45, 2.75) is 31.0 Å². The van der Waals surface area contributed by atoms with E-state index >= 15 is 0 Å². The Kier molecular flexibility index (Phi) is 7.33. The molecule has 7 nitrogen and oxygen atoms in total. The number of nitrogens with zero attached hydrogens (tertiary/aromatic N) is 3. The lowest BCUT2D eigenvalue weighted by atomic mass is 10.2. The monoisotopic (exact) mass is 542 g/mol. The average Bonchev–Trinajstić information content (AvgIpc) is 3.50. The first kappa shape index (κ1) is 24.8. The zero-order valence-corrected chi connectivity index (χ0v) is 21.9. The lowest BCUT2D eigenvalue weighted by molar-refractivity contribution is -0.119. The highest BCUT2D eigenvalue weighted by molar-refractivity contribution is 7.99. The van der Waals surface area contributed by atoms with Crippen molar-refractivity contribution in [2.24, 2.45) is 0 Å². The number of rotatable bonds is 7. The van der Waals surface area contributed by atoms with Gasteiger partial charge in [0.25, 0.3) is 5.56 Å². The molecule has 1 atom stereocenters. The van der Waals surface area contributed by atoms with E-state index in [0.29, 0.717) is 31.7 Å². The third-order valence-corrected chi connectivity index (χ3v) is 8.19. The molecule has 0 saturated carbocycles. The number of aryl methyl sites for hydroxylation is 1. The number of para-hydroxylation sites is 1. The standard InChI is InChI=1S/C25H23FN4O3S3/c1-15-5-2-3-7-19(15)30-22-21(36-25(30)34)23(32)29(17-10-8-16(26)9-11-17)24(28-22)35-14-20(31)27-13-18-6-4-12-33-18/h2-3,5,7-11,18H,4,6,12-14H2,1H3,(H,27,31). The number of hydrogen-bond donors (Lipinski definition) is 1. The minimum atomic E-state index is -0.412. The molecule has 5 rings (SSSR count). The maximum Gasteiger partial charge on any atom is 0.278 e. The summed E-state index contributed by atoms with van der Waals surface area (Å²) in [4.78, 5) is 31.1. The molecule has 1 unspecified atom stereocenters. The van der Waals surface area contributed by atoms with Gasteiger partial charge in [0.05, 0.1) is 23.2 Å². The summed E-state index contributed by atoms with van der Waals surface area (Å²) in [5.41, 5.74) is 2.40. The molecule has 3 heterocycles. The van der Waals surface area contributed by atoms with Crippen LogP contribution in [0.2, 0.25) is 0 Å². The second-order valence-electron chi connectivity index (χ2n) is 8.38. The zero-order valence-electron chi connectivity index (χ0n) is 19.4. The van der Waals surface area contributed by atoms with Crippen LogP contribution in [0.5, 0.6) is 0 Å². The van der Waals surface area contributed by atoms with Crippen molar-refractivity contribution in [3.05, 3.63) is 74.2 Å². The van der Waals surface area contributed by atoms with Gasteiger partial charge in [-0.15, -0.1) is 0 Å². The highest BCUT2D eigenvalue weighted by Crippen LogP contribution is 2.28. The smallest absolute Gasteiger partial charge is 0.278 e. The number of carbonyl (C=O) groups excluding carboxylic acids is 1. The first-order valence-electron chi connectivity index (χ1n) is 11.4. The Morgan fingerprint density at radius 1 is 1.25 bits per heavy atom. The fourth-order valence-corrected chi connectivity index (χ4v) is 6.21. The zero-order chi connectivity index (χ0) is 25.2. The molecule has 11 heteroatoms. The Morgan fingerprint density at radius 2 is 2.03 bits per heavy atom. The highest BCUT2D eigenvalue weighted by atomic mass is 32.2. The van der Waals surface area contributed by atoms with Crippen molar-refractivity contribution in [1.82, 2.24) is 19.4 Å². The number of hydrogen-bond acceptors (Lipinski definition) is 7. The number of fused-ring (bicyclic) bond motifs is 1. The van der Waals surface area contributed by atoms with Crippen LogP contribution in [-0.4, -0.2) is 45.0 Å². The normalized spacial score (nSPS) is 15.4. The fraction of sp³-hybridized carbons (Fsp3) is 0.280. The summed E-state index contributed by atoms with van der Waals surface area (Å²) in [6.07, 6.45) is 1.96. The molecule has 1 aliphatic rings. The summed E-state index contributed by atoms with van der Waals surface area (Å²) >= 11 is 7.96. The van der Waals surface area contributed by atoms with E-state index in [4.69, 9.17) is 21.9 Å². The van der Waals surface area contributed by atoms with Crippen LogP contribution in [0.4, 0.5) is 4.39 Å². The first-order valence-corrected chi connectivity index (χ1v) is 13.6. The third kappa shape index (κ3) is 5.01. The van der Waals surface area contributed by atoms with Gasteiger partial charge in [-0.1, -0.05) is 41.3 Å². The molecule has 2 aromatic heterocycles. The van der Waals surface area contributed by atoms with Gasteiger partial charge in [-0.3, -0.25) is 18.7 Å². The van der Waals surface area contributed by atoms with Crippen LogP contribution in [0.25, 0.3) is 21.7 Å². The van der Waals surface area contributed by atoms with Gasteiger partial charge in [-0.05, 0) is 67.9 Å². The van der Waals surface area contributed by atoms with Crippen molar-refractivity contribution in [3.63, 3.8) is 0 Å². The Morgan fingerprint density at radius 3 is 2.75 bits per heavy atom. The molecule has 2 aromatic carbocycles. The van der Waals surface area contributed by atoms with Gasteiger partial charge in [-0.2, -0.15) is 0 Å². The van der Waals surface area contributed by atoms with E-state index in [2.05, 4.69) is 5.32 Å². The molecule has 1 aliphatic heterocycles. The van der Waals surface area contributed by atoms with Crippen LogP contribution < -0.4 is 10.9 Å². The summed E-state index contributed by atoms with van der Waals surface area (Å²) in [6, 6.07) is 13.3. The molecular weight excluding hydrogens is 519 g/mol. The number of amides is 1. The van der Waals surface area contributed by atoms with Gasteiger partial charge in [-0.25, -0.2) is 9.37 Å². The largest absolute Gasteiger partial charge is 0.376 e. The molecule has 0 radical (unpaired) electrons. The Bertz CT molecular complexity index is 1540. The molecule has 1 amide bonds. The van der Waals surface area contributed by atoms with Crippen molar-refractivity contribution in [3.8, 4) is 11.4 Å². The lowest BCUT2D eigenvalue weighted by Crippen LogP contribution is -2.33. The van der Waals surface area contributed by atoms with Crippen molar-refractivity contribution in [2.75, 3.05) is 18.9 Å². The molecule has 1 saturated heterocycles. The van der Waals surface area contributed by atoms with Crippen LogP contribution in [-0.2, 0) is 9.53 Å². The molecule has 4 aromatic rings.